The maximum Gasteiger partial charge on any atom is 0.335 e. The third-order valence-electron chi connectivity index (χ3n) is 5.58. The first-order valence-electron chi connectivity index (χ1n) is 10.3. The van der Waals surface area contributed by atoms with Crippen LogP contribution in [0.1, 0.15) is 98.3 Å². The van der Waals surface area contributed by atoms with Crippen molar-refractivity contribution < 1.29 is 14.3 Å². The van der Waals surface area contributed by atoms with Gasteiger partial charge in [-0.25, -0.2) is 4.79 Å². The van der Waals surface area contributed by atoms with E-state index in [1.165, 1.54) is 51.4 Å². The second kappa shape index (κ2) is 9.22. The molecule has 0 amide bonds. The predicted molar refractivity (Wildman–Crippen MR) is 97.9 cm³/mol. The van der Waals surface area contributed by atoms with Gasteiger partial charge in [-0.1, -0.05) is 39.0 Å². The van der Waals surface area contributed by atoms with Crippen LogP contribution in [0.3, 0.4) is 0 Å². The smallest absolute Gasteiger partial charge is 0.335 e. The summed E-state index contributed by atoms with van der Waals surface area (Å²) in [4.78, 5) is 12.2. The molecule has 0 saturated heterocycles. The molecular formula is C21H38O3. The van der Waals surface area contributed by atoms with Gasteiger partial charge in [-0.05, 0) is 71.1 Å². The highest BCUT2D eigenvalue weighted by Crippen LogP contribution is 2.36. The van der Waals surface area contributed by atoms with E-state index in [-0.39, 0.29) is 12.1 Å². The van der Waals surface area contributed by atoms with Gasteiger partial charge in [0.2, 0.25) is 0 Å². The summed E-state index contributed by atoms with van der Waals surface area (Å²) >= 11 is 0. The third-order valence-corrected chi connectivity index (χ3v) is 5.58. The molecule has 1 atom stereocenters. The molecule has 0 aliphatic heterocycles. The number of carbonyl (C=O) groups excluding carboxylic acids is 1. The lowest BCUT2D eigenvalue weighted by atomic mass is 9.77. The average Bonchev–Trinajstić information content (AvgIpc) is 2.53. The van der Waals surface area contributed by atoms with Crippen molar-refractivity contribution in [1.82, 2.24) is 0 Å². The summed E-state index contributed by atoms with van der Waals surface area (Å²) in [5.41, 5.74) is -0.439. The van der Waals surface area contributed by atoms with E-state index in [2.05, 4.69) is 0 Å². The van der Waals surface area contributed by atoms with Gasteiger partial charge in [0.1, 0.15) is 5.60 Å². The molecule has 140 valence electrons. The van der Waals surface area contributed by atoms with Crippen LogP contribution >= 0.6 is 0 Å². The summed E-state index contributed by atoms with van der Waals surface area (Å²) in [5, 5.41) is 0. The van der Waals surface area contributed by atoms with Crippen molar-refractivity contribution in [3.8, 4) is 0 Å². The van der Waals surface area contributed by atoms with E-state index in [9.17, 15) is 4.79 Å². The van der Waals surface area contributed by atoms with E-state index in [4.69, 9.17) is 9.47 Å². The van der Waals surface area contributed by atoms with Gasteiger partial charge in [0, 0.05) is 0 Å². The second-order valence-corrected chi connectivity index (χ2v) is 8.95. The van der Waals surface area contributed by atoms with Crippen molar-refractivity contribution in [1.29, 1.82) is 0 Å². The fraction of sp³-hybridized carbons (Fsp3) is 0.952. The van der Waals surface area contributed by atoms with E-state index < -0.39 is 11.7 Å². The van der Waals surface area contributed by atoms with Gasteiger partial charge in [0.05, 0.1) is 6.10 Å². The van der Waals surface area contributed by atoms with Gasteiger partial charge >= 0.3 is 5.97 Å². The topological polar surface area (TPSA) is 35.5 Å². The van der Waals surface area contributed by atoms with Crippen LogP contribution in [0.4, 0.5) is 0 Å². The maximum atomic E-state index is 12.2. The quantitative estimate of drug-likeness (QED) is 0.587. The highest BCUT2D eigenvalue weighted by molar-refractivity contribution is 5.75. The second-order valence-electron chi connectivity index (χ2n) is 8.95. The van der Waals surface area contributed by atoms with Gasteiger partial charge in [-0.15, -0.1) is 0 Å². The van der Waals surface area contributed by atoms with Crippen molar-refractivity contribution in [3.05, 3.63) is 0 Å². The van der Waals surface area contributed by atoms with Crippen molar-refractivity contribution >= 4 is 5.97 Å². The van der Waals surface area contributed by atoms with Crippen LogP contribution in [0.2, 0.25) is 0 Å². The molecule has 0 radical (unpaired) electrons. The van der Waals surface area contributed by atoms with E-state index in [1.54, 1.807) is 0 Å². The minimum Gasteiger partial charge on any atom is -0.458 e. The first-order valence-corrected chi connectivity index (χ1v) is 10.3. The molecule has 3 nitrogen and oxygen atoms in total. The third kappa shape index (κ3) is 6.74. The Morgan fingerprint density at radius 2 is 1.54 bits per heavy atom. The Morgan fingerprint density at radius 3 is 2.08 bits per heavy atom. The Morgan fingerprint density at radius 1 is 0.958 bits per heavy atom. The molecule has 24 heavy (non-hydrogen) atoms. The van der Waals surface area contributed by atoms with Crippen molar-refractivity contribution in [3.63, 3.8) is 0 Å². The molecule has 0 spiro atoms. The Bertz CT molecular complexity index is 371. The molecule has 0 aromatic rings. The number of rotatable bonds is 6. The maximum absolute atomic E-state index is 12.2. The molecule has 2 aliphatic carbocycles. The summed E-state index contributed by atoms with van der Waals surface area (Å²) in [6.45, 7) is 7.74. The zero-order valence-corrected chi connectivity index (χ0v) is 16.3. The fourth-order valence-electron chi connectivity index (χ4n) is 4.32. The van der Waals surface area contributed by atoms with Crippen LogP contribution in [0.25, 0.3) is 0 Å². The molecule has 2 aliphatic rings. The zero-order chi connectivity index (χ0) is 17.6. The van der Waals surface area contributed by atoms with Gasteiger partial charge in [0.25, 0.3) is 0 Å². The van der Waals surface area contributed by atoms with Crippen LogP contribution in [0.15, 0.2) is 0 Å². The number of hydrogen-bond acceptors (Lipinski definition) is 3. The minimum absolute atomic E-state index is 0.200. The molecule has 3 heteroatoms. The van der Waals surface area contributed by atoms with Gasteiger partial charge in [-0.2, -0.15) is 0 Å². The first kappa shape index (κ1) is 19.8. The van der Waals surface area contributed by atoms with Crippen LogP contribution in [0.5, 0.6) is 0 Å². The lowest BCUT2D eigenvalue weighted by molar-refractivity contribution is -0.174. The van der Waals surface area contributed by atoms with Gasteiger partial charge < -0.3 is 9.47 Å². The minimum atomic E-state index is -0.439. The molecule has 2 rings (SSSR count). The van der Waals surface area contributed by atoms with E-state index >= 15 is 0 Å². The summed E-state index contributed by atoms with van der Waals surface area (Å²) in [5.74, 6) is 1.66. The summed E-state index contributed by atoms with van der Waals surface area (Å²) in [6, 6.07) is 0. The van der Waals surface area contributed by atoms with Crippen molar-refractivity contribution in [2.75, 3.05) is 0 Å². The number of esters is 1. The largest absolute Gasteiger partial charge is 0.458 e. The Kier molecular flexibility index (Phi) is 7.59. The highest BCUT2D eigenvalue weighted by atomic mass is 16.6. The van der Waals surface area contributed by atoms with E-state index in [0.29, 0.717) is 6.42 Å². The standard InChI is InChI=1S/C21H38O3/c1-5-19(20(22)24-21(2,3)4)23-18-13-11-17(12-14-18)15-16-9-7-6-8-10-16/h16-19H,5-15H2,1-4H3. The Balaban J connectivity index is 1.71. The van der Waals surface area contributed by atoms with Crippen LogP contribution in [0, 0.1) is 11.8 Å². The molecule has 1 unspecified atom stereocenters. The summed E-state index contributed by atoms with van der Waals surface area (Å²) in [6.07, 6.45) is 13.9. The number of ether oxygens (including phenoxy) is 2. The number of carbonyl (C=O) groups is 1. The molecule has 2 saturated carbocycles. The average molecular weight is 339 g/mol. The van der Waals surface area contributed by atoms with Crippen LogP contribution in [-0.4, -0.2) is 23.8 Å². The lowest BCUT2D eigenvalue weighted by Gasteiger charge is -2.33. The van der Waals surface area contributed by atoms with E-state index in [0.717, 1.165) is 24.7 Å². The normalized spacial score (nSPS) is 27.7. The molecule has 0 bridgehead atoms. The predicted octanol–water partition coefficient (Wildman–Crippen LogP) is 5.65. The Hall–Kier alpha value is -0.570. The van der Waals surface area contributed by atoms with Crippen molar-refractivity contribution in [2.24, 2.45) is 11.8 Å². The molecule has 0 heterocycles. The molecule has 0 N–H and O–H groups in total. The number of hydrogen-bond donors (Lipinski definition) is 0. The van der Waals surface area contributed by atoms with Gasteiger partial charge in [0.15, 0.2) is 6.10 Å². The lowest BCUT2D eigenvalue weighted by Crippen LogP contribution is -2.36. The molecule has 0 aromatic heterocycles. The summed E-state index contributed by atoms with van der Waals surface area (Å²) in [7, 11) is 0. The monoisotopic (exact) mass is 338 g/mol. The van der Waals surface area contributed by atoms with Crippen LogP contribution in [-0.2, 0) is 14.3 Å². The fourth-order valence-corrected chi connectivity index (χ4v) is 4.32. The van der Waals surface area contributed by atoms with Crippen molar-refractivity contribution in [2.45, 2.75) is 116 Å². The zero-order valence-electron chi connectivity index (χ0n) is 16.3. The first-order chi connectivity index (χ1) is 11.4. The SMILES string of the molecule is CCC(OC1CCC(CC2CCCCC2)CC1)C(=O)OC(C)(C)C. The molecular weight excluding hydrogens is 300 g/mol. The Labute approximate surface area is 148 Å². The summed E-state index contributed by atoms with van der Waals surface area (Å²) < 4.78 is 11.6. The van der Waals surface area contributed by atoms with E-state index in [1.807, 2.05) is 27.7 Å². The molecule has 0 aromatic carbocycles. The molecule has 2 fully saturated rings. The van der Waals surface area contributed by atoms with Crippen LogP contribution < -0.4 is 0 Å². The highest BCUT2D eigenvalue weighted by Gasteiger charge is 2.30. The van der Waals surface area contributed by atoms with Gasteiger partial charge in [-0.3, -0.25) is 0 Å².